The molecular formula is C55H69Cl2N11O13. The fraction of sp³-hybridized carbons (Fsp3) is 0.491. The van der Waals surface area contributed by atoms with Crippen molar-refractivity contribution in [1.29, 1.82) is 0 Å². The molecule has 0 atom stereocenters. The minimum absolute atomic E-state index is 0.0406. The standard InChI is InChI=1S/C55H69Cl2N11O13/c1-55(2)36-79-22-20-67(55)54(77)52-44-35-80-46-28-45(78-3)42(27-43(46)53(44)68(60-52)41-25-39(56)24-40(57)26-41)38-6-4-5-37(23-38)29-59-81-21-7-58-47(69)30-61-16-18-66(19-17-61)48(70)31-62-8-10-63(32-49(71)72)12-14-65(34-51(75)76)15-13-64(11-9-62)33-50(73)74/h4-6,23-29H,7-22,30-36H2,1-3H3,(H,58,69)(H,71,72)(H,73,74)(H,75,76)/b59-29+. The van der Waals surface area contributed by atoms with E-state index < -0.39 is 23.4 Å². The summed E-state index contributed by atoms with van der Waals surface area (Å²) < 4.78 is 19.7. The molecule has 8 rings (SSSR count). The molecule has 3 aromatic carbocycles. The summed E-state index contributed by atoms with van der Waals surface area (Å²) in [5, 5.41) is 41.3. The fourth-order valence-corrected chi connectivity index (χ4v) is 10.8. The summed E-state index contributed by atoms with van der Waals surface area (Å²) in [6.07, 6.45) is 1.57. The number of oxime groups is 1. The molecule has 0 saturated carbocycles. The average Bonchev–Trinajstić information content (AvgIpc) is 3.87. The highest BCUT2D eigenvalue weighted by molar-refractivity contribution is 6.34. The van der Waals surface area contributed by atoms with Gasteiger partial charge in [0.05, 0.1) is 82.7 Å². The van der Waals surface area contributed by atoms with Gasteiger partial charge in [0.15, 0.2) is 5.69 Å². The molecule has 0 spiro atoms. The number of piperazine rings is 1. The smallest absolute Gasteiger partial charge is 0.317 e. The van der Waals surface area contributed by atoms with Crippen molar-refractivity contribution in [3.05, 3.63) is 81.5 Å². The van der Waals surface area contributed by atoms with Crippen LogP contribution in [-0.4, -0.2) is 258 Å². The number of carbonyl (C=O) groups excluding carboxylic acids is 3. The van der Waals surface area contributed by atoms with E-state index in [0.29, 0.717) is 116 Å². The quantitative estimate of drug-likeness (QED) is 0.0598. The molecule has 24 nitrogen and oxygen atoms in total. The number of aliphatic carboxylic acids is 3. The predicted octanol–water partition coefficient (Wildman–Crippen LogP) is 2.75. The summed E-state index contributed by atoms with van der Waals surface area (Å²) in [6, 6.07) is 16.5. The first-order valence-corrected chi connectivity index (χ1v) is 27.5. The summed E-state index contributed by atoms with van der Waals surface area (Å²) in [5.74, 6) is -2.59. The van der Waals surface area contributed by atoms with Gasteiger partial charge in [-0.3, -0.25) is 53.3 Å². The monoisotopic (exact) mass is 1160 g/mol. The highest BCUT2D eigenvalue weighted by Gasteiger charge is 2.40. The van der Waals surface area contributed by atoms with Crippen LogP contribution in [0.15, 0.2) is 59.8 Å². The number of halogens is 2. The van der Waals surface area contributed by atoms with Crippen LogP contribution in [0.1, 0.15) is 35.5 Å². The zero-order chi connectivity index (χ0) is 57.8. The van der Waals surface area contributed by atoms with Gasteiger partial charge < -0.3 is 49.5 Å². The van der Waals surface area contributed by atoms with Gasteiger partial charge >= 0.3 is 17.9 Å². The molecule has 81 heavy (non-hydrogen) atoms. The first kappa shape index (κ1) is 60.2. The minimum atomic E-state index is -1.03. The first-order valence-electron chi connectivity index (χ1n) is 26.7. The number of hydrogen-bond donors (Lipinski definition) is 4. The number of carboxylic acid groups (broad SMARTS) is 3. The average molecular weight is 1160 g/mol. The van der Waals surface area contributed by atoms with E-state index in [2.05, 4.69) is 10.5 Å². The predicted molar refractivity (Wildman–Crippen MR) is 300 cm³/mol. The highest BCUT2D eigenvalue weighted by Crippen LogP contribution is 2.47. The summed E-state index contributed by atoms with van der Waals surface area (Å²) in [7, 11) is 1.58. The van der Waals surface area contributed by atoms with Gasteiger partial charge in [-0.15, -0.1) is 0 Å². The molecule has 5 heterocycles. The van der Waals surface area contributed by atoms with Gasteiger partial charge in [0.2, 0.25) is 11.8 Å². The lowest BCUT2D eigenvalue weighted by molar-refractivity contribution is -0.141. The van der Waals surface area contributed by atoms with Crippen molar-refractivity contribution in [1.82, 2.24) is 49.4 Å². The Balaban J connectivity index is 0.840. The Morgan fingerprint density at radius 2 is 1.31 bits per heavy atom. The van der Waals surface area contributed by atoms with Crippen molar-refractivity contribution in [2.75, 3.05) is 151 Å². The van der Waals surface area contributed by atoms with Crippen LogP contribution in [-0.2, 0) is 40.2 Å². The number of rotatable bonds is 19. The second kappa shape index (κ2) is 27.7. The number of hydrogen-bond acceptors (Lipinski definition) is 17. The Kier molecular flexibility index (Phi) is 20.6. The van der Waals surface area contributed by atoms with Gasteiger partial charge in [-0.25, -0.2) is 4.68 Å². The van der Waals surface area contributed by atoms with Crippen LogP contribution < -0.4 is 14.8 Å². The molecule has 1 aromatic heterocycles. The maximum absolute atomic E-state index is 14.4. The number of carbonyl (C=O) groups is 6. The van der Waals surface area contributed by atoms with Crippen LogP contribution in [0.3, 0.4) is 0 Å². The van der Waals surface area contributed by atoms with Crippen LogP contribution in [0.5, 0.6) is 11.5 Å². The molecule has 4 aliphatic heterocycles. The minimum Gasteiger partial charge on any atom is -0.496 e. The maximum Gasteiger partial charge on any atom is 0.317 e. The summed E-state index contributed by atoms with van der Waals surface area (Å²) in [4.78, 5) is 93.9. The topological polar surface area (TPSA) is 265 Å². The molecule has 3 saturated heterocycles. The third-order valence-electron chi connectivity index (χ3n) is 14.5. The van der Waals surface area contributed by atoms with Gasteiger partial charge in [0.25, 0.3) is 5.91 Å². The van der Waals surface area contributed by atoms with Crippen LogP contribution in [0.4, 0.5) is 0 Å². The van der Waals surface area contributed by atoms with Crippen molar-refractivity contribution in [2.24, 2.45) is 5.16 Å². The van der Waals surface area contributed by atoms with Gasteiger partial charge in [0, 0.05) is 118 Å². The van der Waals surface area contributed by atoms with Crippen molar-refractivity contribution in [3.63, 3.8) is 0 Å². The van der Waals surface area contributed by atoms with Crippen molar-refractivity contribution >= 4 is 65.0 Å². The Hall–Kier alpha value is -6.90. The van der Waals surface area contributed by atoms with E-state index in [1.54, 1.807) is 60.7 Å². The molecule has 4 N–H and O–H groups in total. The van der Waals surface area contributed by atoms with Gasteiger partial charge in [0.1, 0.15) is 24.7 Å². The van der Waals surface area contributed by atoms with Crippen LogP contribution in [0, 0.1) is 0 Å². The molecule has 26 heteroatoms. The van der Waals surface area contributed by atoms with Crippen molar-refractivity contribution in [3.8, 4) is 39.6 Å². The number of aromatic nitrogens is 2. The maximum atomic E-state index is 14.4. The van der Waals surface area contributed by atoms with Crippen LogP contribution in [0.2, 0.25) is 10.0 Å². The zero-order valence-corrected chi connectivity index (χ0v) is 47.2. The Labute approximate surface area is 479 Å². The molecule has 3 fully saturated rings. The first-order chi connectivity index (χ1) is 38.8. The fourth-order valence-electron chi connectivity index (χ4n) is 10.3. The second-order valence-corrected chi connectivity index (χ2v) is 21.7. The number of nitrogens with zero attached hydrogens (tertiary/aromatic N) is 10. The highest BCUT2D eigenvalue weighted by atomic mass is 35.5. The number of carboxylic acids is 3. The van der Waals surface area contributed by atoms with Crippen LogP contribution in [0.25, 0.3) is 28.1 Å². The number of fused-ring (bicyclic) bond motifs is 3. The molecule has 0 bridgehead atoms. The lowest BCUT2D eigenvalue weighted by Crippen LogP contribution is -2.55. The third-order valence-corrected chi connectivity index (χ3v) is 15.0. The van der Waals surface area contributed by atoms with E-state index in [-0.39, 0.29) is 102 Å². The molecule has 4 aliphatic rings. The van der Waals surface area contributed by atoms with Crippen LogP contribution >= 0.6 is 23.2 Å². The Bertz CT molecular complexity index is 2920. The van der Waals surface area contributed by atoms with Gasteiger partial charge in [-0.05, 0) is 55.3 Å². The number of benzene rings is 3. The number of amides is 3. The molecule has 0 radical (unpaired) electrons. The molecule has 0 aliphatic carbocycles. The van der Waals surface area contributed by atoms with E-state index in [9.17, 15) is 44.1 Å². The van der Waals surface area contributed by atoms with E-state index in [4.69, 9.17) is 47.3 Å². The third kappa shape index (κ3) is 16.2. The SMILES string of the molecule is COc1cc2c(cc1-c1cccc(/C=N/OCCNC(=O)CN3CCN(C(=O)CN4CCN(CC(=O)O)CCN(CC(=O)O)CCN(CC(=O)O)CC4)CC3)c1)-c1c(c(C(=O)N3CCOCC3(C)C)nn1-c1cc(Cl)cc(Cl)c1)CO2. The van der Waals surface area contributed by atoms with E-state index in [1.165, 1.54) is 0 Å². The summed E-state index contributed by atoms with van der Waals surface area (Å²) >= 11 is 13.0. The number of methoxy groups -OCH3 is 1. The van der Waals surface area contributed by atoms with Crippen molar-refractivity contribution in [2.45, 2.75) is 26.0 Å². The van der Waals surface area contributed by atoms with E-state index >= 15 is 0 Å². The Morgan fingerprint density at radius 3 is 1.89 bits per heavy atom. The number of ether oxygens (including phenoxy) is 3. The lowest BCUT2D eigenvalue weighted by Gasteiger charge is -2.41. The van der Waals surface area contributed by atoms with E-state index in [1.807, 2.05) is 60.0 Å². The molecule has 0 unspecified atom stereocenters. The zero-order valence-electron chi connectivity index (χ0n) is 45.7. The molecule has 3 amide bonds. The second-order valence-electron chi connectivity index (χ2n) is 20.9. The molecule has 4 aromatic rings. The normalized spacial score (nSPS) is 18.0. The van der Waals surface area contributed by atoms with Crippen molar-refractivity contribution < 1.29 is 63.1 Å². The van der Waals surface area contributed by atoms with Gasteiger partial charge in [-0.2, -0.15) is 5.10 Å². The largest absolute Gasteiger partial charge is 0.496 e. The molecule has 436 valence electrons. The van der Waals surface area contributed by atoms with Gasteiger partial charge in [-0.1, -0.05) is 46.6 Å². The lowest BCUT2D eigenvalue weighted by atomic mass is 9.94. The molecular weight excluding hydrogens is 1090 g/mol. The summed E-state index contributed by atoms with van der Waals surface area (Å²) in [6.45, 7) is 9.02. The number of morpholine rings is 1. The summed E-state index contributed by atoms with van der Waals surface area (Å²) in [5.41, 5.74) is 4.42. The van der Waals surface area contributed by atoms with E-state index in [0.717, 1.165) is 16.7 Å². The Morgan fingerprint density at radius 1 is 0.728 bits per heavy atom. The number of nitrogens with one attached hydrogen (secondary N) is 1.